The SMILES string of the molecule is CCC(=O)Nc1ccc(NC2CCN(C(C)=O)CC2)cc1. The Balaban J connectivity index is 1.84. The van der Waals surface area contributed by atoms with Crippen LogP contribution in [0.5, 0.6) is 0 Å². The molecule has 1 fully saturated rings. The lowest BCUT2D eigenvalue weighted by atomic mass is 10.0. The van der Waals surface area contributed by atoms with Crippen LogP contribution >= 0.6 is 0 Å². The van der Waals surface area contributed by atoms with Gasteiger partial charge in [-0.3, -0.25) is 9.59 Å². The van der Waals surface area contributed by atoms with Gasteiger partial charge in [-0.05, 0) is 37.1 Å². The summed E-state index contributed by atoms with van der Waals surface area (Å²) in [5, 5.41) is 6.31. The van der Waals surface area contributed by atoms with E-state index in [1.54, 1.807) is 6.92 Å². The summed E-state index contributed by atoms with van der Waals surface area (Å²) in [5.74, 6) is 0.178. The van der Waals surface area contributed by atoms with Gasteiger partial charge in [0.15, 0.2) is 0 Å². The third-order valence-electron chi connectivity index (χ3n) is 3.80. The number of nitrogens with zero attached hydrogens (tertiary/aromatic N) is 1. The molecule has 5 heteroatoms. The Kier molecular flexibility index (Phi) is 5.20. The molecule has 0 spiro atoms. The molecule has 1 aliphatic rings. The fourth-order valence-electron chi connectivity index (χ4n) is 2.47. The molecule has 2 N–H and O–H groups in total. The molecule has 5 nitrogen and oxygen atoms in total. The van der Waals surface area contributed by atoms with Crippen molar-refractivity contribution in [1.29, 1.82) is 0 Å². The van der Waals surface area contributed by atoms with Crippen LogP contribution in [0.4, 0.5) is 11.4 Å². The number of likely N-dealkylation sites (tertiary alicyclic amines) is 1. The van der Waals surface area contributed by atoms with E-state index >= 15 is 0 Å². The van der Waals surface area contributed by atoms with E-state index in [-0.39, 0.29) is 11.8 Å². The summed E-state index contributed by atoms with van der Waals surface area (Å²) >= 11 is 0. The first-order valence-electron chi connectivity index (χ1n) is 7.50. The van der Waals surface area contributed by atoms with Gasteiger partial charge in [0.1, 0.15) is 0 Å². The Morgan fingerprint density at radius 3 is 2.24 bits per heavy atom. The van der Waals surface area contributed by atoms with Crippen molar-refractivity contribution >= 4 is 23.2 Å². The second-order valence-electron chi connectivity index (χ2n) is 5.40. The van der Waals surface area contributed by atoms with E-state index in [0.29, 0.717) is 12.5 Å². The number of anilines is 2. The molecule has 1 saturated heterocycles. The van der Waals surface area contributed by atoms with Crippen LogP contribution in [0.1, 0.15) is 33.1 Å². The van der Waals surface area contributed by atoms with Crippen LogP contribution in [-0.2, 0) is 9.59 Å². The first-order chi connectivity index (χ1) is 10.1. The summed E-state index contributed by atoms with van der Waals surface area (Å²) in [6.07, 6.45) is 2.41. The fourth-order valence-corrected chi connectivity index (χ4v) is 2.47. The zero-order valence-electron chi connectivity index (χ0n) is 12.7. The van der Waals surface area contributed by atoms with Gasteiger partial charge in [0.25, 0.3) is 0 Å². The van der Waals surface area contributed by atoms with Gasteiger partial charge < -0.3 is 15.5 Å². The van der Waals surface area contributed by atoms with Crippen molar-refractivity contribution in [3.8, 4) is 0 Å². The van der Waals surface area contributed by atoms with Crippen LogP contribution in [0.15, 0.2) is 24.3 Å². The highest BCUT2D eigenvalue weighted by atomic mass is 16.2. The van der Waals surface area contributed by atoms with E-state index in [1.165, 1.54) is 0 Å². The minimum absolute atomic E-state index is 0.0207. The maximum absolute atomic E-state index is 11.3. The highest BCUT2D eigenvalue weighted by molar-refractivity contribution is 5.90. The number of nitrogens with one attached hydrogen (secondary N) is 2. The smallest absolute Gasteiger partial charge is 0.224 e. The monoisotopic (exact) mass is 289 g/mol. The molecule has 0 bridgehead atoms. The first-order valence-corrected chi connectivity index (χ1v) is 7.50. The number of hydrogen-bond donors (Lipinski definition) is 2. The van der Waals surface area contributed by atoms with Gasteiger partial charge in [-0.15, -0.1) is 0 Å². The summed E-state index contributed by atoms with van der Waals surface area (Å²) < 4.78 is 0. The zero-order valence-corrected chi connectivity index (χ0v) is 12.7. The van der Waals surface area contributed by atoms with E-state index in [1.807, 2.05) is 36.1 Å². The third kappa shape index (κ3) is 4.48. The number of hydrogen-bond acceptors (Lipinski definition) is 3. The van der Waals surface area contributed by atoms with E-state index in [0.717, 1.165) is 37.3 Å². The average molecular weight is 289 g/mol. The predicted octanol–water partition coefficient (Wildman–Crippen LogP) is 2.46. The topological polar surface area (TPSA) is 61.4 Å². The highest BCUT2D eigenvalue weighted by Gasteiger charge is 2.20. The van der Waals surface area contributed by atoms with Crippen LogP contribution in [0.25, 0.3) is 0 Å². The predicted molar refractivity (Wildman–Crippen MR) is 84.3 cm³/mol. The minimum Gasteiger partial charge on any atom is -0.382 e. The number of carbonyl (C=O) groups excluding carboxylic acids is 2. The molecule has 2 rings (SSSR count). The molecule has 1 aromatic rings. The van der Waals surface area contributed by atoms with Crippen molar-refractivity contribution in [2.75, 3.05) is 23.7 Å². The van der Waals surface area contributed by atoms with E-state index < -0.39 is 0 Å². The summed E-state index contributed by atoms with van der Waals surface area (Å²) in [5.41, 5.74) is 1.87. The molecule has 0 radical (unpaired) electrons. The number of amides is 2. The first kappa shape index (κ1) is 15.4. The van der Waals surface area contributed by atoms with Crippen LogP contribution in [0.2, 0.25) is 0 Å². The minimum atomic E-state index is 0.0207. The fraction of sp³-hybridized carbons (Fsp3) is 0.500. The van der Waals surface area contributed by atoms with Crippen LogP contribution < -0.4 is 10.6 Å². The van der Waals surface area contributed by atoms with Gasteiger partial charge in [-0.1, -0.05) is 6.92 Å². The zero-order chi connectivity index (χ0) is 15.2. The summed E-state index contributed by atoms with van der Waals surface area (Å²) in [6.45, 7) is 5.09. The molecule has 0 aromatic heterocycles. The number of rotatable bonds is 4. The number of piperidine rings is 1. The highest BCUT2D eigenvalue weighted by Crippen LogP contribution is 2.19. The van der Waals surface area contributed by atoms with E-state index in [4.69, 9.17) is 0 Å². The molecule has 1 aromatic carbocycles. The van der Waals surface area contributed by atoms with Gasteiger partial charge in [0.2, 0.25) is 11.8 Å². The van der Waals surface area contributed by atoms with E-state index in [2.05, 4.69) is 10.6 Å². The summed E-state index contributed by atoms with van der Waals surface area (Å²) in [7, 11) is 0. The Morgan fingerprint density at radius 1 is 1.14 bits per heavy atom. The van der Waals surface area contributed by atoms with Gasteiger partial charge in [0, 0.05) is 43.9 Å². The summed E-state index contributed by atoms with van der Waals surface area (Å²) in [4.78, 5) is 24.5. The maximum atomic E-state index is 11.3. The quantitative estimate of drug-likeness (QED) is 0.895. The Bertz CT molecular complexity index is 491. The Morgan fingerprint density at radius 2 is 1.71 bits per heavy atom. The molecule has 114 valence electrons. The van der Waals surface area contributed by atoms with Gasteiger partial charge >= 0.3 is 0 Å². The lowest BCUT2D eigenvalue weighted by Crippen LogP contribution is -2.41. The van der Waals surface area contributed by atoms with Crippen molar-refractivity contribution in [3.05, 3.63) is 24.3 Å². The van der Waals surface area contributed by atoms with E-state index in [9.17, 15) is 9.59 Å². The van der Waals surface area contributed by atoms with Crippen molar-refractivity contribution in [3.63, 3.8) is 0 Å². The second kappa shape index (κ2) is 7.11. The maximum Gasteiger partial charge on any atom is 0.224 e. The molecule has 1 heterocycles. The molecule has 0 aliphatic carbocycles. The van der Waals surface area contributed by atoms with Gasteiger partial charge in [-0.25, -0.2) is 0 Å². The molecular weight excluding hydrogens is 266 g/mol. The molecular formula is C16H23N3O2. The molecule has 0 unspecified atom stereocenters. The van der Waals surface area contributed by atoms with Crippen LogP contribution in [0, 0.1) is 0 Å². The van der Waals surface area contributed by atoms with Crippen molar-refractivity contribution in [2.24, 2.45) is 0 Å². The molecule has 0 atom stereocenters. The van der Waals surface area contributed by atoms with Crippen LogP contribution in [0.3, 0.4) is 0 Å². The number of benzene rings is 1. The lowest BCUT2D eigenvalue weighted by Gasteiger charge is -2.32. The lowest BCUT2D eigenvalue weighted by molar-refractivity contribution is -0.129. The van der Waals surface area contributed by atoms with Crippen molar-refractivity contribution < 1.29 is 9.59 Å². The molecule has 21 heavy (non-hydrogen) atoms. The second-order valence-corrected chi connectivity index (χ2v) is 5.40. The average Bonchev–Trinajstić information content (AvgIpc) is 2.49. The third-order valence-corrected chi connectivity index (χ3v) is 3.80. The van der Waals surface area contributed by atoms with Crippen molar-refractivity contribution in [2.45, 2.75) is 39.2 Å². The largest absolute Gasteiger partial charge is 0.382 e. The van der Waals surface area contributed by atoms with Gasteiger partial charge in [-0.2, -0.15) is 0 Å². The summed E-state index contributed by atoms with van der Waals surface area (Å²) in [6, 6.07) is 8.16. The molecule has 1 aliphatic heterocycles. The molecule has 0 saturated carbocycles. The van der Waals surface area contributed by atoms with Crippen LogP contribution in [-0.4, -0.2) is 35.8 Å². The van der Waals surface area contributed by atoms with Gasteiger partial charge in [0.05, 0.1) is 0 Å². The Labute approximate surface area is 125 Å². The number of carbonyl (C=O) groups is 2. The Hall–Kier alpha value is -2.04. The molecule has 2 amide bonds. The normalized spacial score (nSPS) is 15.6. The standard InChI is InChI=1S/C16H23N3O2/c1-3-16(21)18-14-6-4-13(5-7-14)17-15-8-10-19(11-9-15)12(2)20/h4-7,15,17H,3,8-11H2,1-2H3,(H,18,21). The van der Waals surface area contributed by atoms with Crippen molar-refractivity contribution in [1.82, 2.24) is 4.90 Å².